The molecule has 0 aliphatic heterocycles. The number of benzene rings is 2. The van der Waals surface area contributed by atoms with Crippen molar-refractivity contribution in [2.24, 2.45) is 0 Å². The second kappa shape index (κ2) is 9.28. The summed E-state index contributed by atoms with van der Waals surface area (Å²) in [5.41, 5.74) is 4.75. The van der Waals surface area contributed by atoms with E-state index in [0.717, 1.165) is 51.1 Å². The summed E-state index contributed by atoms with van der Waals surface area (Å²) in [7, 11) is 3.28. The number of methoxy groups -OCH3 is 2. The van der Waals surface area contributed by atoms with Crippen molar-refractivity contribution in [1.82, 2.24) is 9.55 Å². The summed E-state index contributed by atoms with van der Waals surface area (Å²) in [6.07, 6.45) is 0.765. The van der Waals surface area contributed by atoms with E-state index in [1.807, 2.05) is 65.4 Å². The zero-order valence-electron chi connectivity index (χ0n) is 18.2. The number of nitrogens with zero attached hydrogens (tertiary/aromatic N) is 2. The molecule has 0 radical (unpaired) electrons. The van der Waals surface area contributed by atoms with Crippen LogP contribution in [0.4, 0.5) is 0 Å². The van der Waals surface area contributed by atoms with Crippen LogP contribution in [0.1, 0.15) is 21.6 Å². The van der Waals surface area contributed by atoms with Gasteiger partial charge >= 0.3 is 5.97 Å². The smallest absolute Gasteiger partial charge is 0.337 e. The Kier molecular flexibility index (Phi) is 6.28. The minimum atomic E-state index is -0.933. The number of aromatic nitrogens is 2. The van der Waals surface area contributed by atoms with Gasteiger partial charge in [0, 0.05) is 23.2 Å². The maximum absolute atomic E-state index is 11.8. The van der Waals surface area contributed by atoms with Crippen LogP contribution in [0.15, 0.2) is 60.0 Å². The number of carboxylic acid groups (broad SMARTS) is 1. The lowest BCUT2D eigenvalue weighted by Crippen LogP contribution is -2.07. The summed E-state index contributed by atoms with van der Waals surface area (Å²) >= 11 is 1.54. The number of carboxylic acids is 1. The van der Waals surface area contributed by atoms with Crippen molar-refractivity contribution in [2.45, 2.75) is 19.9 Å². The molecule has 0 atom stereocenters. The summed E-state index contributed by atoms with van der Waals surface area (Å²) in [6.45, 7) is 2.49. The van der Waals surface area contributed by atoms with Crippen molar-refractivity contribution in [3.05, 3.63) is 76.8 Å². The second-order valence-electron chi connectivity index (χ2n) is 7.35. The van der Waals surface area contributed by atoms with Crippen LogP contribution in [0.2, 0.25) is 0 Å². The Hall–Kier alpha value is -3.58. The molecule has 0 unspecified atom stereocenters. The van der Waals surface area contributed by atoms with Gasteiger partial charge in [-0.05, 0) is 61.4 Å². The summed E-state index contributed by atoms with van der Waals surface area (Å²) in [5.74, 6) is 0.672. The Balaban J connectivity index is 1.64. The number of rotatable bonds is 8. The lowest BCUT2D eigenvalue weighted by molar-refractivity contribution is 0.0696. The highest BCUT2D eigenvalue weighted by molar-refractivity contribution is 7.13. The van der Waals surface area contributed by atoms with Crippen LogP contribution in [0.5, 0.6) is 11.5 Å². The SMILES string of the molecule is COc1ccc(CCn2c(-c3csc(-c4ccc(OC)cc4)n3)cc(C(=O)O)c2C)cc1. The largest absolute Gasteiger partial charge is 0.497 e. The summed E-state index contributed by atoms with van der Waals surface area (Å²) < 4.78 is 12.5. The van der Waals surface area contributed by atoms with Crippen LogP contribution in [0, 0.1) is 6.92 Å². The van der Waals surface area contributed by atoms with Crippen molar-refractivity contribution in [2.75, 3.05) is 14.2 Å². The van der Waals surface area contributed by atoms with Crippen molar-refractivity contribution in [3.8, 4) is 33.5 Å². The van der Waals surface area contributed by atoms with E-state index in [0.29, 0.717) is 12.1 Å². The predicted molar refractivity (Wildman–Crippen MR) is 126 cm³/mol. The normalized spacial score (nSPS) is 10.8. The van der Waals surface area contributed by atoms with Gasteiger partial charge in [0.05, 0.1) is 31.2 Å². The molecule has 2 aromatic carbocycles. The molecule has 0 spiro atoms. The fourth-order valence-corrected chi connectivity index (χ4v) is 4.47. The molecule has 0 bridgehead atoms. The molecule has 7 heteroatoms. The van der Waals surface area contributed by atoms with Crippen molar-refractivity contribution < 1.29 is 19.4 Å². The van der Waals surface area contributed by atoms with E-state index < -0.39 is 5.97 Å². The molecule has 32 heavy (non-hydrogen) atoms. The Labute approximate surface area is 190 Å². The van der Waals surface area contributed by atoms with Gasteiger partial charge in [0.2, 0.25) is 0 Å². The zero-order valence-corrected chi connectivity index (χ0v) is 19.0. The third-order valence-electron chi connectivity index (χ3n) is 5.48. The van der Waals surface area contributed by atoms with Gasteiger partial charge in [-0.25, -0.2) is 9.78 Å². The van der Waals surface area contributed by atoms with Crippen LogP contribution in [-0.2, 0) is 13.0 Å². The van der Waals surface area contributed by atoms with Crippen molar-refractivity contribution in [3.63, 3.8) is 0 Å². The first-order valence-electron chi connectivity index (χ1n) is 10.2. The topological polar surface area (TPSA) is 73.6 Å². The number of aryl methyl sites for hydroxylation is 1. The van der Waals surface area contributed by atoms with E-state index in [9.17, 15) is 9.90 Å². The monoisotopic (exact) mass is 448 g/mol. The number of aromatic carboxylic acids is 1. The first-order chi connectivity index (χ1) is 15.5. The molecular formula is C25H24N2O4S. The highest BCUT2D eigenvalue weighted by Gasteiger charge is 2.20. The molecule has 1 N–H and O–H groups in total. The molecule has 6 nitrogen and oxygen atoms in total. The zero-order chi connectivity index (χ0) is 22.7. The minimum Gasteiger partial charge on any atom is -0.497 e. The summed E-state index contributed by atoms with van der Waals surface area (Å²) in [4.78, 5) is 16.6. The van der Waals surface area contributed by atoms with Crippen molar-refractivity contribution >= 4 is 17.3 Å². The van der Waals surface area contributed by atoms with Gasteiger partial charge in [0.15, 0.2) is 0 Å². The number of hydrogen-bond acceptors (Lipinski definition) is 5. The van der Waals surface area contributed by atoms with Gasteiger partial charge in [-0.3, -0.25) is 0 Å². The molecule has 164 valence electrons. The molecule has 0 fully saturated rings. The van der Waals surface area contributed by atoms with Crippen LogP contribution < -0.4 is 9.47 Å². The highest BCUT2D eigenvalue weighted by atomic mass is 32.1. The molecule has 2 heterocycles. The van der Waals surface area contributed by atoms with Crippen LogP contribution >= 0.6 is 11.3 Å². The molecular weight excluding hydrogens is 424 g/mol. The molecule has 0 aliphatic carbocycles. The third-order valence-corrected chi connectivity index (χ3v) is 6.38. The van der Waals surface area contributed by atoms with Gasteiger partial charge in [0.25, 0.3) is 0 Å². The predicted octanol–water partition coefficient (Wildman–Crippen LogP) is 5.55. The third kappa shape index (κ3) is 4.38. The van der Waals surface area contributed by atoms with Gasteiger partial charge in [-0.2, -0.15) is 0 Å². The van der Waals surface area contributed by atoms with Crippen LogP contribution in [0.3, 0.4) is 0 Å². The Morgan fingerprint density at radius 3 is 2.25 bits per heavy atom. The van der Waals surface area contributed by atoms with E-state index in [1.54, 1.807) is 20.3 Å². The fourth-order valence-electron chi connectivity index (χ4n) is 3.65. The first-order valence-corrected chi connectivity index (χ1v) is 11.0. The second-order valence-corrected chi connectivity index (χ2v) is 8.21. The van der Waals surface area contributed by atoms with Gasteiger partial charge < -0.3 is 19.1 Å². The maximum Gasteiger partial charge on any atom is 0.337 e. The number of hydrogen-bond donors (Lipinski definition) is 1. The average Bonchev–Trinajstić information content (AvgIpc) is 3.43. The maximum atomic E-state index is 11.8. The quantitative estimate of drug-likeness (QED) is 0.383. The molecule has 0 saturated carbocycles. The molecule has 0 saturated heterocycles. The van der Waals surface area contributed by atoms with E-state index in [2.05, 4.69) is 0 Å². The number of ether oxygens (including phenoxy) is 2. The van der Waals surface area contributed by atoms with E-state index in [1.165, 1.54) is 11.3 Å². The van der Waals surface area contributed by atoms with Crippen LogP contribution in [0.25, 0.3) is 22.0 Å². The molecule has 4 aromatic rings. The number of carbonyl (C=O) groups is 1. The lowest BCUT2D eigenvalue weighted by Gasteiger charge is -2.11. The van der Waals surface area contributed by atoms with Gasteiger partial charge in [0.1, 0.15) is 16.5 Å². The standard InChI is InChI=1S/C25H24N2O4S/c1-16-21(25(28)29)14-23(27(16)13-12-17-4-8-19(30-2)9-5-17)22-15-32-24(26-22)18-6-10-20(31-3)11-7-18/h4-11,14-15H,12-13H2,1-3H3,(H,28,29). The fraction of sp³-hybridized carbons (Fsp3) is 0.200. The molecule has 0 aliphatic rings. The first kappa shape index (κ1) is 21.6. The average molecular weight is 449 g/mol. The highest BCUT2D eigenvalue weighted by Crippen LogP contribution is 2.32. The summed E-state index contributed by atoms with van der Waals surface area (Å²) in [6, 6.07) is 17.4. The van der Waals surface area contributed by atoms with E-state index in [4.69, 9.17) is 14.5 Å². The van der Waals surface area contributed by atoms with Gasteiger partial charge in [-0.1, -0.05) is 12.1 Å². The van der Waals surface area contributed by atoms with E-state index in [-0.39, 0.29) is 0 Å². The molecule has 2 aromatic heterocycles. The number of thiazole rings is 1. The minimum absolute atomic E-state index is 0.300. The Bertz CT molecular complexity index is 1220. The van der Waals surface area contributed by atoms with Crippen LogP contribution in [-0.4, -0.2) is 34.8 Å². The van der Waals surface area contributed by atoms with Crippen molar-refractivity contribution in [1.29, 1.82) is 0 Å². The van der Waals surface area contributed by atoms with E-state index >= 15 is 0 Å². The molecule has 4 rings (SSSR count). The lowest BCUT2D eigenvalue weighted by atomic mass is 10.1. The summed E-state index contributed by atoms with van der Waals surface area (Å²) in [5, 5.41) is 12.5. The molecule has 0 amide bonds. The van der Waals surface area contributed by atoms with Gasteiger partial charge in [-0.15, -0.1) is 11.3 Å². The Morgan fingerprint density at radius 1 is 1.03 bits per heavy atom. The Morgan fingerprint density at radius 2 is 1.66 bits per heavy atom.